The number of hydrogen-bond acceptors (Lipinski definition) is 4. The van der Waals surface area contributed by atoms with Crippen LogP contribution in [0.5, 0.6) is 5.75 Å². The molecule has 13 heavy (non-hydrogen) atoms. The molecule has 0 atom stereocenters. The van der Waals surface area contributed by atoms with Crippen molar-refractivity contribution in [2.45, 2.75) is 0 Å². The minimum atomic E-state index is -3.08. The van der Waals surface area contributed by atoms with Crippen molar-refractivity contribution in [2.24, 2.45) is 0 Å². The first kappa shape index (κ1) is 9.48. The van der Waals surface area contributed by atoms with Gasteiger partial charge in [-0.3, -0.25) is 0 Å². The Kier molecular flexibility index (Phi) is 2.82. The van der Waals surface area contributed by atoms with Gasteiger partial charge in [-0.2, -0.15) is 9.13 Å². The van der Waals surface area contributed by atoms with Crippen LogP contribution < -0.4 is 4.52 Å². The van der Waals surface area contributed by atoms with Gasteiger partial charge in [-0.15, -0.1) is 0 Å². The Bertz CT molecular complexity index is 388. The lowest BCUT2D eigenvalue weighted by Gasteiger charge is -1.99. The Morgan fingerprint density at radius 3 is 2.46 bits per heavy atom. The molecule has 0 aliphatic carbocycles. The van der Waals surface area contributed by atoms with E-state index in [4.69, 9.17) is 5.11 Å². The second kappa shape index (κ2) is 3.87. The fraction of sp³-hybridized carbons (Fsp3) is 0. The highest BCUT2D eigenvalue weighted by Crippen LogP contribution is 2.23. The molecule has 0 aromatic heterocycles. The van der Waals surface area contributed by atoms with Crippen LogP contribution in [-0.2, 0) is 9.13 Å². The van der Waals surface area contributed by atoms with E-state index < -0.39 is 13.9 Å². The third kappa shape index (κ3) is 2.42. The molecule has 0 amide bonds. The Morgan fingerprint density at radius 2 is 1.92 bits per heavy atom. The van der Waals surface area contributed by atoms with Crippen LogP contribution >= 0.6 is 7.91 Å². The summed E-state index contributed by atoms with van der Waals surface area (Å²) in [6, 6.07) is 5.50. The Labute approximate surface area is 73.9 Å². The highest BCUT2D eigenvalue weighted by Gasteiger charge is 2.11. The van der Waals surface area contributed by atoms with Gasteiger partial charge >= 0.3 is 13.9 Å². The molecule has 0 unspecified atom stereocenters. The third-order valence-corrected chi connectivity index (χ3v) is 1.64. The molecule has 68 valence electrons. The summed E-state index contributed by atoms with van der Waals surface area (Å²) >= 11 is 0. The van der Waals surface area contributed by atoms with Crippen molar-refractivity contribution in [2.75, 3.05) is 0 Å². The van der Waals surface area contributed by atoms with E-state index in [0.717, 1.165) is 0 Å². The second-order valence-electron chi connectivity index (χ2n) is 2.12. The molecule has 5 nitrogen and oxygen atoms in total. The van der Waals surface area contributed by atoms with Gasteiger partial charge in [0.05, 0.1) is 0 Å². The maximum absolute atomic E-state index is 10.5. The molecule has 1 aromatic rings. The van der Waals surface area contributed by atoms with E-state index in [0.29, 0.717) is 0 Å². The Morgan fingerprint density at radius 1 is 1.31 bits per heavy atom. The average Bonchev–Trinajstić information content (AvgIpc) is 2.03. The molecule has 0 spiro atoms. The van der Waals surface area contributed by atoms with E-state index >= 15 is 0 Å². The number of carboxylic acid groups (broad SMARTS) is 1. The largest absolute Gasteiger partial charge is 0.529 e. The second-order valence-corrected chi connectivity index (χ2v) is 2.75. The Balaban J connectivity index is 3.11. The average molecular weight is 200 g/mol. The van der Waals surface area contributed by atoms with Crippen LogP contribution in [0.15, 0.2) is 24.3 Å². The SMILES string of the molecule is O=C(O)c1ccccc1OP(=O)=O. The van der Waals surface area contributed by atoms with Crippen LogP contribution in [0, 0.1) is 0 Å². The van der Waals surface area contributed by atoms with Crippen molar-refractivity contribution < 1.29 is 23.6 Å². The fourth-order valence-corrected chi connectivity index (χ4v) is 1.12. The van der Waals surface area contributed by atoms with Crippen LogP contribution in [0.3, 0.4) is 0 Å². The van der Waals surface area contributed by atoms with Crippen LogP contribution in [0.25, 0.3) is 0 Å². The summed E-state index contributed by atoms with van der Waals surface area (Å²) < 4.78 is 24.6. The third-order valence-electron chi connectivity index (χ3n) is 1.29. The van der Waals surface area contributed by atoms with Gasteiger partial charge in [0.1, 0.15) is 5.56 Å². The topological polar surface area (TPSA) is 80.7 Å². The van der Waals surface area contributed by atoms with E-state index in [-0.39, 0.29) is 11.3 Å². The van der Waals surface area contributed by atoms with Gasteiger partial charge in [0.15, 0.2) is 5.75 Å². The molecule has 0 saturated heterocycles. The minimum Gasteiger partial charge on any atom is -0.478 e. The van der Waals surface area contributed by atoms with Crippen molar-refractivity contribution >= 4 is 13.9 Å². The number of carboxylic acids is 1. The first-order valence-electron chi connectivity index (χ1n) is 3.26. The predicted octanol–water partition coefficient (Wildman–Crippen LogP) is 1.85. The van der Waals surface area contributed by atoms with E-state index in [2.05, 4.69) is 4.52 Å². The number of aromatic carboxylic acids is 1. The van der Waals surface area contributed by atoms with Crippen molar-refractivity contribution in [3.05, 3.63) is 29.8 Å². The van der Waals surface area contributed by atoms with Crippen LogP contribution in [0.1, 0.15) is 10.4 Å². The standard InChI is InChI=1S/C7H5O5P/c8-7(9)5-3-1-2-4-6(5)12-13(10)11/h1-4H,(H,8,9). The van der Waals surface area contributed by atoms with Gasteiger partial charge in [0.2, 0.25) is 0 Å². The summed E-state index contributed by atoms with van der Waals surface area (Å²) in [5.74, 6) is -1.40. The van der Waals surface area contributed by atoms with Gasteiger partial charge in [0.25, 0.3) is 0 Å². The molecule has 0 fully saturated rings. The Hall–Kier alpha value is -1.61. The lowest BCUT2D eigenvalue weighted by molar-refractivity contribution is 0.0695. The zero-order chi connectivity index (χ0) is 9.84. The molecule has 0 saturated carbocycles. The molecule has 0 bridgehead atoms. The summed E-state index contributed by atoms with van der Waals surface area (Å²) in [6.45, 7) is 0. The highest BCUT2D eigenvalue weighted by atomic mass is 31.1. The highest BCUT2D eigenvalue weighted by molar-refractivity contribution is 7.25. The maximum atomic E-state index is 10.5. The van der Waals surface area contributed by atoms with Gasteiger partial charge in [-0.1, -0.05) is 12.1 Å². The molecule has 1 rings (SSSR count). The zero-order valence-electron chi connectivity index (χ0n) is 6.34. The summed E-state index contributed by atoms with van der Waals surface area (Å²) in [4.78, 5) is 10.5. The minimum absolute atomic E-state index is 0.175. The quantitative estimate of drug-likeness (QED) is 0.753. The zero-order valence-corrected chi connectivity index (χ0v) is 7.23. The molecular formula is C7H5O5P. The van der Waals surface area contributed by atoms with Gasteiger partial charge in [0, 0.05) is 0 Å². The van der Waals surface area contributed by atoms with Crippen molar-refractivity contribution in [3.8, 4) is 5.75 Å². The first-order chi connectivity index (χ1) is 6.11. The van der Waals surface area contributed by atoms with E-state index in [9.17, 15) is 13.9 Å². The molecular weight excluding hydrogens is 195 g/mol. The molecule has 0 heterocycles. The number of carbonyl (C=O) groups is 1. The maximum Gasteiger partial charge on any atom is 0.529 e. The predicted molar refractivity (Wildman–Crippen MR) is 42.3 cm³/mol. The fourth-order valence-electron chi connectivity index (χ4n) is 0.803. The summed E-state index contributed by atoms with van der Waals surface area (Å²) in [5.41, 5.74) is -0.179. The molecule has 1 N–H and O–H groups in total. The van der Waals surface area contributed by atoms with Crippen molar-refractivity contribution in [1.29, 1.82) is 0 Å². The first-order valence-corrected chi connectivity index (χ1v) is 4.35. The molecule has 0 aliphatic heterocycles. The van der Waals surface area contributed by atoms with Crippen LogP contribution in [-0.4, -0.2) is 11.1 Å². The van der Waals surface area contributed by atoms with Crippen molar-refractivity contribution in [1.82, 2.24) is 0 Å². The number of rotatable bonds is 3. The molecule has 1 aromatic carbocycles. The lowest BCUT2D eigenvalue weighted by atomic mass is 10.2. The van der Waals surface area contributed by atoms with Crippen molar-refractivity contribution in [3.63, 3.8) is 0 Å². The molecule has 0 aliphatic rings. The number of para-hydroxylation sites is 1. The van der Waals surface area contributed by atoms with E-state index in [1.807, 2.05) is 0 Å². The lowest BCUT2D eigenvalue weighted by Crippen LogP contribution is -1.97. The van der Waals surface area contributed by atoms with Crippen LogP contribution in [0.4, 0.5) is 0 Å². The van der Waals surface area contributed by atoms with Gasteiger partial charge in [-0.25, -0.2) is 4.79 Å². The monoisotopic (exact) mass is 200 g/mol. The normalized spacial score (nSPS) is 9.23. The van der Waals surface area contributed by atoms with Gasteiger partial charge in [-0.05, 0) is 12.1 Å². The summed E-state index contributed by atoms with van der Waals surface area (Å²) in [5, 5.41) is 8.60. The molecule has 0 radical (unpaired) electrons. The summed E-state index contributed by atoms with van der Waals surface area (Å²) in [6.07, 6.45) is 0. The number of hydrogen-bond donors (Lipinski definition) is 1. The van der Waals surface area contributed by atoms with Gasteiger partial charge < -0.3 is 9.63 Å². The molecule has 6 heteroatoms. The number of benzene rings is 1. The summed E-state index contributed by atoms with van der Waals surface area (Å²) in [7, 11) is -3.08. The van der Waals surface area contributed by atoms with E-state index in [1.165, 1.54) is 24.3 Å². The smallest absolute Gasteiger partial charge is 0.478 e. The van der Waals surface area contributed by atoms with E-state index in [1.54, 1.807) is 0 Å². The van der Waals surface area contributed by atoms with Crippen LogP contribution in [0.2, 0.25) is 0 Å².